The first-order valence-corrected chi connectivity index (χ1v) is 6.56. The number of benzene rings is 1. The van der Waals surface area contributed by atoms with Gasteiger partial charge in [-0.1, -0.05) is 23.8 Å². The summed E-state index contributed by atoms with van der Waals surface area (Å²) in [4.78, 5) is 0. The average molecular weight is 233 g/mol. The number of ether oxygens (including phenoxy) is 1. The van der Waals surface area contributed by atoms with Gasteiger partial charge < -0.3 is 10.5 Å². The van der Waals surface area contributed by atoms with Gasteiger partial charge >= 0.3 is 0 Å². The summed E-state index contributed by atoms with van der Waals surface area (Å²) in [6.07, 6.45) is 3.23. The van der Waals surface area contributed by atoms with Gasteiger partial charge in [0, 0.05) is 19.3 Å². The summed E-state index contributed by atoms with van der Waals surface area (Å²) in [7, 11) is 0. The summed E-state index contributed by atoms with van der Waals surface area (Å²) in [5.41, 5.74) is 10.4. The third-order valence-electron chi connectivity index (χ3n) is 3.83. The van der Waals surface area contributed by atoms with Crippen LogP contribution in [0.15, 0.2) is 18.2 Å². The Morgan fingerprint density at radius 1 is 1.29 bits per heavy atom. The van der Waals surface area contributed by atoms with Crippen LogP contribution in [0, 0.1) is 19.8 Å². The van der Waals surface area contributed by atoms with Gasteiger partial charge in [0.25, 0.3) is 0 Å². The first kappa shape index (κ1) is 12.6. The third kappa shape index (κ3) is 3.30. The van der Waals surface area contributed by atoms with Crippen molar-refractivity contribution in [1.82, 2.24) is 0 Å². The number of rotatable bonds is 3. The van der Waals surface area contributed by atoms with Crippen LogP contribution in [0.3, 0.4) is 0 Å². The van der Waals surface area contributed by atoms with Gasteiger partial charge in [0.2, 0.25) is 0 Å². The molecule has 17 heavy (non-hydrogen) atoms. The second-order valence-electron chi connectivity index (χ2n) is 5.25. The molecular formula is C15H23NO. The zero-order valence-corrected chi connectivity index (χ0v) is 10.9. The van der Waals surface area contributed by atoms with Crippen LogP contribution in [0.4, 0.5) is 0 Å². The van der Waals surface area contributed by atoms with Crippen LogP contribution >= 0.6 is 0 Å². The molecule has 94 valence electrons. The van der Waals surface area contributed by atoms with Crippen molar-refractivity contribution in [2.24, 2.45) is 11.7 Å². The molecule has 1 aliphatic heterocycles. The van der Waals surface area contributed by atoms with Gasteiger partial charge in [0.05, 0.1) is 0 Å². The Kier molecular flexibility index (Phi) is 4.19. The van der Waals surface area contributed by atoms with Crippen LogP contribution in [-0.2, 0) is 11.2 Å². The van der Waals surface area contributed by atoms with E-state index < -0.39 is 0 Å². The number of aryl methyl sites for hydroxylation is 2. The Hall–Kier alpha value is -0.860. The predicted molar refractivity (Wildman–Crippen MR) is 71.1 cm³/mol. The van der Waals surface area contributed by atoms with E-state index >= 15 is 0 Å². The summed E-state index contributed by atoms with van der Waals surface area (Å²) in [5.74, 6) is 0.628. The Morgan fingerprint density at radius 2 is 2.00 bits per heavy atom. The van der Waals surface area contributed by atoms with Gasteiger partial charge in [-0.2, -0.15) is 0 Å². The van der Waals surface area contributed by atoms with E-state index in [0.717, 1.165) is 32.5 Å². The van der Waals surface area contributed by atoms with Crippen molar-refractivity contribution >= 4 is 0 Å². The lowest BCUT2D eigenvalue weighted by Crippen LogP contribution is -2.36. The highest BCUT2D eigenvalue weighted by molar-refractivity contribution is 5.31. The largest absolute Gasteiger partial charge is 0.381 e. The average Bonchev–Trinajstić information content (AvgIpc) is 2.35. The molecule has 2 rings (SSSR count). The van der Waals surface area contributed by atoms with Crippen molar-refractivity contribution < 1.29 is 4.74 Å². The fraction of sp³-hybridized carbons (Fsp3) is 0.600. The Bertz CT molecular complexity index is 369. The van der Waals surface area contributed by atoms with E-state index in [2.05, 4.69) is 32.0 Å². The van der Waals surface area contributed by atoms with Crippen LogP contribution < -0.4 is 5.73 Å². The highest BCUT2D eigenvalue weighted by Crippen LogP contribution is 2.21. The van der Waals surface area contributed by atoms with Gasteiger partial charge in [-0.25, -0.2) is 0 Å². The molecule has 2 N–H and O–H groups in total. The number of nitrogens with two attached hydrogens (primary N) is 1. The molecular weight excluding hydrogens is 210 g/mol. The van der Waals surface area contributed by atoms with Crippen LogP contribution in [0.1, 0.15) is 29.5 Å². The molecule has 1 atom stereocenters. The van der Waals surface area contributed by atoms with E-state index in [1.807, 2.05) is 0 Å². The van der Waals surface area contributed by atoms with E-state index in [1.165, 1.54) is 16.7 Å². The van der Waals surface area contributed by atoms with E-state index in [-0.39, 0.29) is 6.04 Å². The van der Waals surface area contributed by atoms with Crippen molar-refractivity contribution in [2.75, 3.05) is 13.2 Å². The maximum Gasteiger partial charge on any atom is 0.0469 e. The molecule has 0 aromatic heterocycles. The van der Waals surface area contributed by atoms with E-state index in [4.69, 9.17) is 10.5 Å². The van der Waals surface area contributed by atoms with Crippen molar-refractivity contribution in [3.05, 3.63) is 34.9 Å². The summed E-state index contributed by atoms with van der Waals surface area (Å²) < 4.78 is 5.39. The molecule has 1 unspecified atom stereocenters. The Balaban J connectivity index is 2.01. The molecule has 2 heteroatoms. The predicted octanol–water partition coefficient (Wildman–Crippen LogP) is 2.60. The van der Waals surface area contributed by atoms with Crippen molar-refractivity contribution in [3.8, 4) is 0 Å². The fourth-order valence-corrected chi connectivity index (χ4v) is 2.58. The minimum atomic E-state index is 0.277. The molecule has 1 fully saturated rings. The minimum Gasteiger partial charge on any atom is -0.381 e. The Labute approximate surface area is 104 Å². The minimum absolute atomic E-state index is 0.277. The highest BCUT2D eigenvalue weighted by Gasteiger charge is 2.21. The smallest absolute Gasteiger partial charge is 0.0469 e. The monoisotopic (exact) mass is 233 g/mol. The highest BCUT2D eigenvalue weighted by atomic mass is 16.5. The lowest BCUT2D eigenvalue weighted by atomic mass is 9.87. The Morgan fingerprint density at radius 3 is 2.71 bits per heavy atom. The molecule has 0 amide bonds. The third-order valence-corrected chi connectivity index (χ3v) is 3.83. The topological polar surface area (TPSA) is 35.2 Å². The second-order valence-corrected chi connectivity index (χ2v) is 5.25. The first-order valence-electron chi connectivity index (χ1n) is 6.56. The lowest BCUT2D eigenvalue weighted by molar-refractivity contribution is 0.0584. The molecule has 1 heterocycles. The molecule has 1 aromatic carbocycles. The van der Waals surface area contributed by atoms with Crippen LogP contribution in [0.25, 0.3) is 0 Å². The standard InChI is InChI=1S/C15H23NO/c1-11-3-4-12(2)14(9-11)10-15(16)13-5-7-17-8-6-13/h3-4,9,13,15H,5-8,10,16H2,1-2H3. The molecule has 1 aromatic rings. The molecule has 0 saturated carbocycles. The van der Waals surface area contributed by atoms with Gasteiger partial charge in [-0.05, 0) is 50.2 Å². The summed E-state index contributed by atoms with van der Waals surface area (Å²) in [6, 6.07) is 6.91. The lowest BCUT2D eigenvalue weighted by Gasteiger charge is -2.28. The zero-order valence-electron chi connectivity index (χ0n) is 10.9. The zero-order chi connectivity index (χ0) is 12.3. The normalized spacial score (nSPS) is 19.2. The summed E-state index contributed by atoms with van der Waals surface area (Å²) in [5, 5.41) is 0. The van der Waals surface area contributed by atoms with Gasteiger partial charge in [0.15, 0.2) is 0 Å². The van der Waals surface area contributed by atoms with Gasteiger partial charge in [0.1, 0.15) is 0 Å². The quantitative estimate of drug-likeness (QED) is 0.871. The van der Waals surface area contributed by atoms with E-state index in [9.17, 15) is 0 Å². The van der Waals surface area contributed by atoms with Gasteiger partial charge in [-0.3, -0.25) is 0 Å². The fourth-order valence-electron chi connectivity index (χ4n) is 2.58. The molecule has 1 saturated heterocycles. The molecule has 0 radical (unpaired) electrons. The van der Waals surface area contributed by atoms with Crippen LogP contribution in [0.5, 0.6) is 0 Å². The maximum absolute atomic E-state index is 6.34. The maximum atomic E-state index is 6.34. The van der Waals surface area contributed by atoms with E-state index in [1.54, 1.807) is 0 Å². The molecule has 2 nitrogen and oxygen atoms in total. The SMILES string of the molecule is Cc1ccc(C)c(CC(N)C2CCOCC2)c1. The van der Waals surface area contributed by atoms with Crippen LogP contribution in [0.2, 0.25) is 0 Å². The molecule has 1 aliphatic rings. The number of hydrogen-bond donors (Lipinski definition) is 1. The summed E-state index contributed by atoms with van der Waals surface area (Å²) >= 11 is 0. The number of hydrogen-bond acceptors (Lipinski definition) is 2. The van der Waals surface area contributed by atoms with Crippen molar-refractivity contribution in [1.29, 1.82) is 0 Å². The van der Waals surface area contributed by atoms with Crippen LogP contribution in [-0.4, -0.2) is 19.3 Å². The molecule has 0 bridgehead atoms. The van der Waals surface area contributed by atoms with Crippen molar-refractivity contribution in [3.63, 3.8) is 0 Å². The van der Waals surface area contributed by atoms with Crippen molar-refractivity contribution in [2.45, 2.75) is 39.2 Å². The summed E-state index contributed by atoms with van der Waals surface area (Å²) in [6.45, 7) is 6.07. The first-order chi connectivity index (χ1) is 8.16. The van der Waals surface area contributed by atoms with Gasteiger partial charge in [-0.15, -0.1) is 0 Å². The molecule has 0 aliphatic carbocycles. The second kappa shape index (κ2) is 5.65. The van der Waals surface area contributed by atoms with E-state index in [0.29, 0.717) is 5.92 Å². The molecule has 0 spiro atoms.